The molecule has 0 atom stereocenters. The fourth-order valence-corrected chi connectivity index (χ4v) is 2.65. The van der Waals surface area contributed by atoms with Gasteiger partial charge < -0.3 is 20.1 Å². The second-order valence-corrected chi connectivity index (χ2v) is 6.38. The maximum atomic E-state index is 12.1. The number of amides is 2. The van der Waals surface area contributed by atoms with Crippen LogP contribution in [0.3, 0.4) is 0 Å². The predicted octanol–water partition coefficient (Wildman–Crippen LogP) is 3.64. The van der Waals surface area contributed by atoms with Gasteiger partial charge in [0.25, 0.3) is 0 Å². The van der Waals surface area contributed by atoms with Gasteiger partial charge in [0.1, 0.15) is 6.61 Å². The van der Waals surface area contributed by atoms with Gasteiger partial charge in [-0.1, -0.05) is 36.9 Å². The third kappa shape index (κ3) is 6.53. The molecule has 2 rings (SSSR count). The van der Waals surface area contributed by atoms with Crippen LogP contribution in [0.15, 0.2) is 55.1 Å². The van der Waals surface area contributed by atoms with Crippen LogP contribution in [-0.4, -0.2) is 32.1 Å². The molecule has 0 radical (unpaired) electrons. The van der Waals surface area contributed by atoms with Crippen molar-refractivity contribution < 1.29 is 19.1 Å². The second-order valence-electron chi connectivity index (χ2n) is 6.38. The highest BCUT2D eigenvalue weighted by Crippen LogP contribution is 2.28. The van der Waals surface area contributed by atoms with E-state index in [1.54, 1.807) is 37.5 Å². The Hall–Kier alpha value is -3.54. The van der Waals surface area contributed by atoms with Gasteiger partial charge in [0.15, 0.2) is 11.5 Å². The minimum atomic E-state index is -0.368. The molecule has 2 aromatic carbocycles. The van der Waals surface area contributed by atoms with Gasteiger partial charge in [-0.15, -0.1) is 0 Å². The molecule has 2 aromatic rings. The van der Waals surface area contributed by atoms with E-state index in [2.05, 4.69) is 17.2 Å². The van der Waals surface area contributed by atoms with Crippen LogP contribution in [0.1, 0.15) is 16.7 Å². The summed E-state index contributed by atoms with van der Waals surface area (Å²) in [4.78, 5) is 24.1. The van der Waals surface area contributed by atoms with Gasteiger partial charge in [-0.3, -0.25) is 9.59 Å². The fourth-order valence-electron chi connectivity index (χ4n) is 2.65. The molecule has 0 aliphatic heterocycles. The van der Waals surface area contributed by atoms with E-state index in [0.29, 0.717) is 18.1 Å². The van der Waals surface area contributed by atoms with E-state index in [4.69, 9.17) is 9.47 Å². The van der Waals surface area contributed by atoms with Gasteiger partial charge in [0, 0.05) is 11.8 Å². The van der Waals surface area contributed by atoms with Crippen LogP contribution in [0.5, 0.6) is 11.5 Å². The van der Waals surface area contributed by atoms with Crippen LogP contribution in [0.2, 0.25) is 0 Å². The Kier molecular flexibility index (Phi) is 8.03. The number of hydrogen-bond acceptors (Lipinski definition) is 4. The first-order valence-corrected chi connectivity index (χ1v) is 9.18. The minimum absolute atomic E-state index is 0.116. The molecule has 2 N–H and O–H groups in total. The van der Waals surface area contributed by atoms with Crippen molar-refractivity contribution in [3.05, 3.63) is 71.8 Å². The molecule has 0 aliphatic carbocycles. The van der Waals surface area contributed by atoms with Crippen LogP contribution in [0.4, 0.5) is 5.69 Å². The summed E-state index contributed by atoms with van der Waals surface area (Å²) in [6.45, 7) is 7.71. The molecule has 2 amide bonds. The van der Waals surface area contributed by atoms with Gasteiger partial charge in [-0.05, 0) is 48.7 Å². The molecule has 0 saturated heterocycles. The van der Waals surface area contributed by atoms with Gasteiger partial charge in [0.2, 0.25) is 11.8 Å². The number of hydrogen-bond donors (Lipinski definition) is 2. The van der Waals surface area contributed by atoms with Crippen molar-refractivity contribution in [1.82, 2.24) is 5.32 Å². The third-order valence-electron chi connectivity index (χ3n) is 4.14. The van der Waals surface area contributed by atoms with Crippen molar-refractivity contribution in [3.8, 4) is 11.5 Å². The number of nitrogens with one attached hydrogen (secondary N) is 2. The summed E-state index contributed by atoms with van der Waals surface area (Å²) in [6.07, 6.45) is 4.65. The Morgan fingerprint density at radius 2 is 1.83 bits per heavy atom. The highest BCUT2D eigenvalue weighted by atomic mass is 16.5. The smallest absolute Gasteiger partial charge is 0.244 e. The summed E-state index contributed by atoms with van der Waals surface area (Å²) in [7, 11) is 1.55. The third-order valence-corrected chi connectivity index (χ3v) is 4.14. The van der Waals surface area contributed by atoms with Crippen molar-refractivity contribution >= 4 is 23.6 Å². The second kappa shape index (κ2) is 10.7. The van der Waals surface area contributed by atoms with Gasteiger partial charge >= 0.3 is 0 Å². The number of benzene rings is 2. The molecular formula is C23H26N2O4. The molecule has 6 heteroatoms. The number of carbonyl (C=O) groups is 2. The first-order chi connectivity index (χ1) is 13.9. The lowest BCUT2D eigenvalue weighted by Gasteiger charge is -2.11. The molecule has 152 valence electrons. The van der Waals surface area contributed by atoms with Crippen LogP contribution < -0.4 is 20.1 Å². The average Bonchev–Trinajstić information content (AvgIpc) is 2.72. The average molecular weight is 394 g/mol. The lowest BCUT2D eigenvalue weighted by molar-refractivity contribution is -0.121. The first-order valence-electron chi connectivity index (χ1n) is 9.18. The highest BCUT2D eigenvalue weighted by Gasteiger charge is 2.08. The summed E-state index contributed by atoms with van der Waals surface area (Å²) >= 11 is 0. The Morgan fingerprint density at radius 1 is 1.10 bits per heavy atom. The molecule has 0 spiro atoms. The van der Waals surface area contributed by atoms with Gasteiger partial charge in [-0.25, -0.2) is 0 Å². The summed E-state index contributed by atoms with van der Waals surface area (Å²) in [5.74, 6) is 0.502. The number of carbonyl (C=O) groups excluding carboxylic acids is 2. The largest absolute Gasteiger partial charge is 0.493 e. The summed E-state index contributed by atoms with van der Waals surface area (Å²) in [5.41, 5.74) is 3.48. The van der Waals surface area contributed by atoms with Crippen molar-refractivity contribution in [2.45, 2.75) is 13.8 Å². The molecule has 0 unspecified atom stereocenters. The van der Waals surface area contributed by atoms with E-state index in [1.165, 1.54) is 6.08 Å². The van der Waals surface area contributed by atoms with Crippen molar-refractivity contribution in [3.63, 3.8) is 0 Å². The van der Waals surface area contributed by atoms with Crippen molar-refractivity contribution in [2.75, 3.05) is 25.6 Å². The minimum Gasteiger partial charge on any atom is -0.493 e. The molecule has 0 aliphatic rings. The Labute approximate surface area is 171 Å². The number of aryl methyl sites for hydroxylation is 2. The summed E-state index contributed by atoms with van der Waals surface area (Å²) < 4.78 is 10.8. The topological polar surface area (TPSA) is 76.7 Å². The van der Waals surface area contributed by atoms with E-state index in [9.17, 15) is 9.59 Å². The number of methoxy groups -OCH3 is 1. The predicted molar refractivity (Wildman–Crippen MR) is 115 cm³/mol. The Balaban J connectivity index is 1.91. The Morgan fingerprint density at radius 3 is 2.48 bits per heavy atom. The molecule has 6 nitrogen and oxygen atoms in total. The maximum Gasteiger partial charge on any atom is 0.244 e. The van der Waals surface area contributed by atoms with Crippen LogP contribution in [0.25, 0.3) is 6.08 Å². The zero-order chi connectivity index (χ0) is 21.2. The normalized spacial score (nSPS) is 10.4. The quantitative estimate of drug-likeness (QED) is 0.503. The Bertz CT molecular complexity index is 899. The maximum absolute atomic E-state index is 12.1. The first kappa shape index (κ1) is 21.8. The molecule has 29 heavy (non-hydrogen) atoms. The standard InChI is InChI=1S/C23H26N2O4/c1-5-13-29-19-11-9-18(14-20(19)28-4)10-12-21(26)24-15-22(27)25-23-16(2)7-6-8-17(23)3/h5-12,14H,1,13,15H2,2-4H3,(H,24,26)(H,25,27). The van der Waals surface area contributed by atoms with E-state index in [-0.39, 0.29) is 18.4 Å². The molecule has 0 heterocycles. The number of para-hydroxylation sites is 1. The lowest BCUT2D eigenvalue weighted by atomic mass is 10.1. The van der Waals surface area contributed by atoms with Crippen LogP contribution in [-0.2, 0) is 9.59 Å². The van der Waals surface area contributed by atoms with E-state index < -0.39 is 0 Å². The fraction of sp³-hybridized carbons (Fsp3) is 0.217. The molecular weight excluding hydrogens is 368 g/mol. The lowest BCUT2D eigenvalue weighted by Crippen LogP contribution is -2.32. The number of ether oxygens (including phenoxy) is 2. The van der Waals surface area contributed by atoms with Crippen LogP contribution >= 0.6 is 0 Å². The zero-order valence-electron chi connectivity index (χ0n) is 17.0. The summed E-state index contributed by atoms with van der Waals surface area (Å²) in [5, 5.41) is 5.41. The van der Waals surface area contributed by atoms with Crippen molar-refractivity contribution in [1.29, 1.82) is 0 Å². The number of rotatable bonds is 9. The molecule has 0 saturated carbocycles. The summed E-state index contributed by atoms with van der Waals surface area (Å²) in [6, 6.07) is 11.1. The molecule has 0 fully saturated rings. The van der Waals surface area contributed by atoms with E-state index >= 15 is 0 Å². The van der Waals surface area contributed by atoms with Crippen molar-refractivity contribution in [2.24, 2.45) is 0 Å². The van der Waals surface area contributed by atoms with E-state index in [1.807, 2.05) is 32.0 Å². The monoisotopic (exact) mass is 394 g/mol. The zero-order valence-corrected chi connectivity index (χ0v) is 17.0. The van der Waals surface area contributed by atoms with Crippen LogP contribution in [0, 0.1) is 13.8 Å². The SMILES string of the molecule is C=CCOc1ccc(C=CC(=O)NCC(=O)Nc2c(C)cccc2C)cc1OC. The highest BCUT2D eigenvalue weighted by molar-refractivity contribution is 5.98. The number of anilines is 1. The van der Waals surface area contributed by atoms with E-state index in [0.717, 1.165) is 22.4 Å². The van der Waals surface area contributed by atoms with Gasteiger partial charge in [-0.2, -0.15) is 0 Å². The molecule has 0 bridgehead atoms. The van der Waals surface area contributed by atoms with Gasteiger partial charge in [0.05, 0.1) is 13.7 Å². The molecule has 0 aromatic heterocycles.